The van der Waals surface area contributed by atoms with Crippen molar-refractivity contribution in [1.29, 1.82) is 5.26 Å². The molecule has 0 bridgehead atoms. The van der Waals surface area contributed by atoms with Crippen LogP contribution in [0, 0.1) is 24.5 Å². The lowest BCUT2D eigenvalue weighted by molar-refractivity contribution is -0.304. The quantitative estimate of drug-likeness (QED) is 0.0160. The first kappa shape index (κ1) is 59.1. The van der Waals surface area contributed by atoms with E-state index in [4.69, 9.17) is 46.6 Å². The number of nitrogens with zero attached hydrogens (tertiary/aromatic N) is 4. The summed E-state index contributed by atoms with van der Waals surface area (Å²) in [4.78, 5) is 35.6. The van der Waals surface area contributed by atoms with Crippen LogP contribution in [-0.4, -0.2) is 62.8 Å². The van der Waals surface area contributed by atoms with Gasteiger partial charge in [0.05, 0.1) is 77.3 Å². The lowest BCUT2D eigenvalue weighted by Gasteiger charge is -2.27. The second-order valence-corrected chi connectivity index (χ2v) is 20.0. The van der Waals surface area contributed by atoms with Crippen molar-refractivity contribution in [3.05, 3.63) is 136 Å². The van der Waals surface area contributed by atoms with E-state index in [1.165, 1.54) is 23.1 Å². The predicted molar refractivity (Wildman–Crippen MR) is 303 cm³/mol. The van der Waals surface area contributed by atoms with Crippen molar-refractivity contribution in [3.63, 3.8) is 0 Å². The highest BCUT2D eigenvalue weighted by molar-refractivity contribution is 7.15. The molecule has 1 N–H and O–H groups in total. The molecule has 75 heavy (non-hydrogen) atoms. The highest BCUT2D eigenvalue weighted by atomic mass is 32.1. The summed E-state index contributed by atoms with van der Waals surface area (Å²) in [6.07, 6.45) is 20.1. The normalized spacial score (nSPS) is 15.0. The summed E-state index contributed by atoms with van der Waals surface area (Å²) in [5.74, 6) is 1.51. The second kappa shape index (κ2) is 31.2. The number of carboxylic acids is 1. The number of anilines is 1. The molecule has 15 heteroatoms. The largest absolute Gasteiger partial charge is 0.505 e. The van der Waals surface area contributed by atoms with E-state index in [0.29, 0.717) is 67.7 Å². The first-order chi connectivity index (χ1) is 36.5. The van der Waals surface area contributed by atoms with Crippen LogP contribution in [0.25, 0.3) is 40.1 Å². The van der Waals surface area contributed by atoms with Crippen molar-refractivity contribution in [1.82, 2.24) is 0 Å². The van der Waals surface area contributed by atoms with Crippen molar-refractivity contribution in [2.45, 2.75) is 125 Å². The fourth-order valence-electron chi connectivity index (χ4n) is 8.02. The third-order valence-corrected chi connectivity index (χ3v) is 14.5. The van der Waals surface area contributed by atoms with E-state index < -0.39 is 11.6 Å². The van der Waals surface area contributed by atoms with Gasteiger partial charge in [0.15, 0.2) is 23.0 Å². The van der Waals surface area contributed by atoms with Gasteiger partial charge in [-0.2, -0.15) is 0 Å². The Morgan fingerprint density at radius 2 is 1.19 bits per heavy atom. The van der Waals surface area contributed by atoms with Gasteiger partial charge in [0.25, 0.3) is 5.70 Å². The molecule has 0 amide bonds. The summed E-state index contributed by atoms with van der Waals surface area (Å²) in [6.45, 7) is 34.7. The highest BCUT2D eigenvalue weighted by Crippen LogP contribution is 2.49. The third-order valence-electron chi connectivity index (χ3n) is 12.3. The maximum absolute atomic E-state index is 11.7. The molecule has 0 fully saturated rings. The number of aromatic carboxylic acids is 1. The summed E-state index contributed by atoms with van der Waals surface area (Å²) >= 11 is 3.10. The molecular formula is C60H72N4O9S2. The molecule has 3 heterocycles. The summed E-state index contributed by atoms with van der Waals surface area (Å²) in [5.41, 5.74) is 1.96. The molecule has 4 aromatic rings. The van der Waals surface area contributed by atoms with E-state index in [1.807, 2.05) is 25.1 Å². The van der Waals surface area contributed by atoms with Crippen LogP contribution in [0.3, 0.4) is 0 Å². The first-order valence-electron chi connectivity index (χ1n) is 26.2. The van der Waals surface area contributed by atoms with Gasteiger partial charge in [0.1, 0.15) is 18.0 Å². The predicted octanol–water partition coefficient (Wildman–Crippen LogP) is 16.0. The minimum atomic E-state index is -1.15. The van der Waals surface area contributed by atoms with Gasteiger partial charge in [-0.25, -0.2) is 29.5 Å². The lowest BCUT2D eigenvalue weighted by atomic mass is 9.90. The molecule has 1 aliphatic rings. The first-order valence-corrected chi connectivity index (χ1v) is 27.8. The molecule has 0 saturated heterocycles. The molecule has 0 radical (unpaired) electrons. The molecule has 5 rings (SSSR count). The molecule has 1 atom stereocenters. The zero-order chi connectivity index (χ0) is 54.0. The maximum Gasteiger partial charge on any atom is 0.336 e. The zero-order valence-electron chi connectivity index (χ0n) is 44.6. The molecular weight excluding hydrogens is 985 g/mol. The van der Waals surface area contributed by atoms with Gasteiger partial charge in [0, 0.05) is 24.4 Å². The standard InChI is InChI=1S/C60H72N4O9S2/c1-10-16-36-67-55-49(31-27-43-25-28-45(29-26-43)64(14-5)15-6)74-51(57(55)69-38-18-12-3)33-34-52-58(70-39-19-13-4)56(68-37-17-11-2)50(75-52)32-30-47-53(63-9)54(48(41-61)62-8)73-60(47,7)35-22-40-71-72-42-44-23-20-21-24-46(44)59(65)66/h20-21,23-34H,10-19,22,35-40,42H2,1-7H3,(H,65,66)/b31-27+,32-30+,34-33+,54-48+. The van der Waals surface area contributed by atoms with E-state index >= 15 is 0 Å². The Balaban J connectivity index is 1.56. The number of hydrogen-bond acceptors (Lipinski definition) is 12. The van der Waals surface area contributed by atoms with Gasteiger partial charge < -0.3 is 33.7 Å². The average molecular weight is 1060 g/mol. The van der Waals surface area contributed by atoms with E-state index in [9.17, 15) is 15.2 Å². The summed E-state index contributed by atoms with van der Waals surface area (Å²) in [6, 6.07) is 17.1. The maximum atomic E-state index is 11.7. The number of nitriles is 1. The Bertz CT molecular complexity index is 2760. The van der Waals surface area contributed by atoms with Crippen LogP contribution in [-0.2, 0) is 21.1 Å². The number of hydrogen-bond donors (Lipinski definition) is 1. The number of ether oxygens (including phenoxy) is 5. The lowest BCUT2D eigenvalue weighted by Crippen LogP contribution is -2.26. The second-order valence-electron chi connectivity index (χ2n) is 17.8. The van der Waals surface area contributed by atoms with E-state index in [2.05, 4.69) is 105 Å². The fourth-order valence-corrected chi connectivity index (χ4v) is 10.0. The van der Waals surface area contributed by atoms with Gasteiger partial charge in [-0.1, -0.05) is 95.9 Å². The average Bonchev–Trinajstić information content (AvgIpc) is 4.05. The molecule has 1 aliphatic heterocycles. The molecule has 2 aromatic heterocycles. The molecule has 1 unspecified atom stereocenters. The van der Waals surface area contributed by atoms with Gasteiger partial charge in [-0.05, 0) is 113 Å². The van der Waals surface area contributed by atoms with Crippen molar-refractivity contribution < 1.29 is 43.4 Å². The zero-order valence-corrected chi connectivity index (χ0v) is 46.3. The van der Waals surface area contributed by atoms with Gasteiger partial charge in [-0.15, -0.1) is 22.7 Å². The van der Waals surface area contributed by atoms with Crippen LogP contribution < -0.4 is 23.8 Å². The van der Waals surface area contributed by atoms with Crippen LogP contribution in [0.5, 0.6) is 23.0 Å². The minimum Gasteiger partial charge on any atom is -0.505 e. The minimum absolute atomic E-state index is 0.0680. The summed E-state index contributed by atoms with van der Waals surface area (Å²) in [7, 11) is 0. The van der Waals surface area contributed by atoms with E-state index in [0.717, 1.165) is 95.3 Å². The van der Waals surface area contributed by atoms with Crippen LogP contribution in [0.2, 0.25) is 0 Å². The number of carbonyl (C=O) groups is 1. The highest BCUT2D eigenvalue weighted by Gasteiger charge is 2.42. The third kappa shape index (κ3) is 16.3. The number of allylic oxidation sites excluding steroid dienone is 1. The van der Waals surface area contributed by atoms with Crippen LogP contribution in [0.1, 0.15) is 154 Å². The van der Waals surface area contributed by atoms with Crippen molar-refractivity contribution in [2.75, 3.05) is 51.0 Å². The number of benzene rings is 2. The fraction of sp³-hybridized carbons (Fsp3) is 0.433. The van der Waals surface area contributed by atoms with Crippen molar-refractivity contribution >= 4 is 64.7 Å². The molecule has 13 nitrogen and oxygen atoms in total. The van der Waals surface area contributed by atoms with E-state index in [1.54, 1.807) is 29.5 Å². The Hall–Kier alpha value is -6.80. The van der Waals surface area contributed by atoms with Crippen LogP contribution >= 0.6 is 22.7 Å². The molecule has 0 saturated carbocycles. The number of carboxylic acid groups (broad SMARTS) is 1. The summed E-state index contributed by atoms with van der Waals surface area (Å²) < 4.78 is 32.8. The van der Waals surface area contributed by atoms with Crippen molar-refractivity contribution in [2.24, 2.45) is 0 Å². The van der Waals surface area contributed by atoms with Crippen LogP contribution in [0.4, 0.5) is 5.69 Å². The molecule has 0 aliphatic carbocycles. The Kier molecular flexibility index (Phi) is 24.6. The topological polar surface area (TPSA) is 138 Å². The molecule has 0 spiro atoms. The number of unbranched alkanes of at least 4 members (excludes halogenated alkanes) is 4. The van der Waals surface area contributed by atoms with Gasteiger partial charge in [0.2, 0.25) is 5.70 Å². The smallest absolute Gasteiger partial charge is 0.336 e. The number of rotatable bonds is 33. The van der Waals surface area contributed by atoms with Gasteiger partial charge >= 0.3 is 5.97 Å². The van der Waals surface area contributed by atoms with Crippen molar-refractivity contribution in [3.8, 4) is 29.1 Å². The van der Waals surface area contributed by atoms with E-state index in [-0.39, 0.29) is 35.9 Å². The summed E-state index contributed by atoms with van der Waals surface area (Å²) in [5, 5.41) is 19.5. The SMILES string of the molecule is [C-]#[N+]C1=C(/C=C/c2sc(/C=C/c3sc(/C=C/c4ccc(N(CC)CC)cc4)c(OCCCC)c3OCCCC)c(OCCCC)c2OCCCC)C(C)(CCCOOCc2ccccc2C(=O)O)O/C1=C(\C#N)[N+]#[C-]. The number of thiophene rings is 2. The van der Waals surface area contributed by atoms with Gasteiger partial charge in [-0.3, -0.25) is 0 Å². The Morgan fingerprint density at radius 3 is 1.64 bits per heavy atom. The Morgan fingerprint density at radius 1 is 0.693 bits per heavy atom. The van der Waals surface area contributed by atoms with Crippen LogP contribution in [0.15, 0.2) is 77.3 Å². The molecule has 2 aromatic carbocycles. The Labute approximate surface area is 452 Å². The molecule has 398 valence electrons. The monoisotopic (exact) mass is 1060 g/mol.